The van der Waals surface area contributed by atoms with Crippen LogP contribution in [0.2, 0.25) is 5.02 Å². The molecule has 2 N–H and O–H groups in total. The van der Waals surface area contributed by atoms with E-state index in [0.717, 1.165) is 37.4 Å². The standard InChI is InChI=1S/C25H26ClF3N4O/c1-30-20-6-4-3-5-18(20)24(34)31-16-8-10-17(11-9-16)33(2)22-14-23(25(27,28)29)32-21-12-7-15(26)13-19(21)22/h3-7,12-14,16-17,30H,8-11H2,1-2H3,(H,31,34). The Labute approximate surface area is 201 Å². The maximum Gasteiger partial charge on any atom is 0.433 e. The van der Waals surface area contributed by atoms with Gasteiger partial charge in [0.1, 0.15) is 5.69 Å². The van der Waals surface area contributed by atoms with Gasteiger partial charge < -0.3 is 15.5 Å². The topological polar surface area (TPSA) is 57.3 Å². The number of fused-ring (bicyclic) bond motifs is 1. The highest BCUT2D eigenvalue weighted by Crippen LogP contribution is 2.37. The Hall–Kier alpha value is -3.00. The number of carbonyl (C=O) groups excluding carboxylic acids is 1. The number of benzene rings is 2. The zero-order chi connectivity index (χ0) is 24.5. The molecule has 1 amide bonds. The summed E-state index contributed by atoms with van der Waals surface area (Å²) in [6.07, 6.45) is -1.60. The van der Waals surface area contributed by atoms with Crippen LogP contribution in [-0.4, -0.2) is 37.1 Å². The van der Waals surface area contributed by atoms with Crippen LogP contribution >= 0.6 is 11.6 Å². The maximum absolute atomic E-state index is 13.5. The molecule has 0 radical (unpaired) electrons. The van der Waals surface area contributed by atoms with Gasteiger partial charge in [0.25, 0.3) is 5.91 Å². The van der Waals surface area contributed by atoms with E-state index in [4.69, 9.17) is 11.6 Å². The van der Waals surface area contributed by atoms with Crippen molar-refractivity contribution in [1.82, 2.24) is 10.3 Å². The molecule has 180 valence electrons. The van der Waals surface area contributed by atoms with E-state index in [2.05, 4.69) is 15.6 Å². The van der Waals surface area contributed by atoms with Gasteiger partial charge >= 0.3 is 6.18 Å². The summed E-state index contributed by atoms with van der Waals surface area (Å²) in [5.41, 5.74) is 1.13. The van der Waals surface area contributed by atoms with E-state index in [1.165, 1.54) is 6.07 Å². The molecule has 4 rings (SSSR count). The second kappa shape index (κ2) is 9.70. The van der Waals surface area contributed by atoms with Crippen LogP contribution < -0.4 is 15.5 Å². The lowest BCUT2D eigenvalue weighted by Crippen LogP contribution is -2.43. The third-order valence-electron chi connectivity index (χ3n) is 6.44. The third kappa shape index (κ3) is 5.06. The van der Waals surface area contributed by atoms with Crippen molar-refractivity contribution in [2.24, 2.45) is 0 Å². The highest BCUT2D eigenvalue weighted by atomic mass is 35.5. The Morgan fingerprint density at radius 1 is 1.09 bits per heavy atom. The zero-order valence-electron chi connectivity index (χ0n) is 18.9. The van der Waals surface area contributed by atoms with Gasteiger partial charge in [-0.15, -0.1) is 0 Å². The molecule has 1 heterocycles. The Morgan fingerprint density at radius 2 is 1.79 bits per heavy atom. The van der Waals surface area contributed by atoms with E-state index in [1.54, 1.807) is 25.2 Å². The van der Waals surface area contributed by atoms with Gasteiger partial charge in [0.15, 0.2) is 0 Å². The third-order valence-corrected chi connectivity index (χ3v) is 6.68. The van der Waals surface area contributed by atoms with Crippen LogP contribution in [0.15, 0.2) is 48.5 Å². The monoisotopic (exact) mass is 490 g/mol. The number of hydrogen-bond acceptors (Lipinski definition) is 4. The van der Waals surface area contributed by atoms with Gasteiger partial charge in [-0.1, -0.05) is 23.7 Å². The maximum atomic E-state index is 13.5. The second-order valence-corrected chi connectivity index (χ2v) is 9.01. The Morgan fingerprint density at radius 3 is 2.47 bits per heavy atom. The van der Waals surface area contributed by atoms with E-state index in [-0.39, 0.29) is 23.5 Å². The molecule has 3 aromatic rings. The van der Waals surface area contributed by atoms with E-state index in [9.17, 15) is 18.0 Å². The second-order valence-electron chi connectivity index (χ2n) is 8.57. The van der Waals surface area contributed by atoms with Crippen LogP contribution in [0.4, 0.5) is 24.5 Å². The van der Waals surface area contributed by atoms with Gasteiger partial charge in [0.2, 0.25) is 0 Å². The summed E-state index contributed by atoms with van der Waals surface area (Å²) in [5, 5.41) is 7.15. The molecule has 1 fully saturated rings. The molecule has 1 saturated carbocycles. The van der Waals surface area contributed by atoms with Crippen molar-refractivity contribution in [2.75, 3.05) is 24.3 Å². The van der Waals surface area contributed by atoms with Crippen molar-refractivity contribution in [3.63, 3.8) is 0 Å². The van der Waals surface area contributed by atoms with Crippen molar-refractivity contribution in [3.8, 4) is 0 Å². The van der Waals surface area contributed by atoms with Crippen LogP contribution in [0.1, 0.15) is 41.7 Å². The van der Waals surface area contributed by atoms with Gasteiger partial charge in [0.05, 0.1) is 11.1 Å². The van der Waals surface area contributed by atoms with Gasteiger partial charge in [-0.25, -0.2) is 4.98 Å². The molecule has 9 heteroatoms. The minimum absolute atomic E-state index is 0.0106. The number of nitrogens with one attached hydrogen (secondary N) is 2. The van der Waals surface area contributed by atoms with Gasteiger partial charge in [-0.05, 0) is 62.1 Å². The molecule has 1 aliphatic carbocycles. The molecule has 0 aliphatic heterocycles. The highest BCUT2D eigenvalue weighted by molar-refractivity contribution is 6.31. The van der Waals surface area contributed by atoms with Crippen molar-refractivity contribution < 1.29 is 18.0 Å². The van der Waals surface area contributed by atoms with Crippen LogP contribution in [0.5, 0.6) is 0 Å². The van der Waals surface area contributed by atoms with Crippen molar-refractivity contribution in [1.29, 1.82) is 0 Å². The first-order valence-electron chi connectivity index (χ1n) is 11.2. The van der Waals surface area contributed by atoms with Crippen molar-refractivity contribution in [2.45, 2.75) is 43.9 Å². The number of alkyl halides is 3. The molecule has 5 nitrogen and oxygen atoms in total. The number of amides is 1. The number of rotatable bonds is 5. The Bertz CT molecular complexity index is 1190. The number of pyridine rings is 1. The van der Waals surface area contributed by atoms with Crippen LogP contribution in [0.3, 0.4) is 0 Å². The first-order valence-corrected chi connectivity index (χ1v) is 11.5. The Balaban J connectivity index is 1.50. The van der Waals surface area contributed by atoms with Gasteiger partial charge in [-0.3, -0.25) is 4.79 Å². The molecule has 0 atom stereocenters. The fraction of sp³-hybridized carbons (Fsp3) is 0.360. The first-order chi connectivity index (χ1) is 16.2. The predicted octanol–water partition coefficient (Wildman–Crippen LogP) is 6.13. The highest BCUT2D eigenvalue weighted by Gasteiger charge is 2.35. The number of para-hydroxylation sites is 1. The van der Waals surface area contributed by atoms with Crippen LogP contribution in [0, 0.1) is 0 Å². The zero-order valence-corrected chi connectivity index (χ0v) is 19.7. The average molecular weight is 491 g/mol. The minimum Gasteiger partial charge on any atom is -0.387 e. The number of hydrogen-bond donors (Lipinski definition) is 2. The van der Waals surface area contributed by atoms with E-state index < -0.39 is 11.9 Å². The molecular weight excluding hydrogens is 465 g/mol. The fourth-order valence-electron chi connectivity index (χ4n) is 4.58. The van der Waals surface area contributed by atoms with Crippen molar-refractivity contribution in [3.05, 3.63) is 64.8 Å². The van der Waals surface area contributed by atoms with Crippen molar-refractivity contribution >= 4 is 39.8 Å². The summed E-state index contributed by atoms with van der Waals surface area (Å²) in [6.45, 7) is 0. The number of carbonyl (C=O) groups is 1. The summed E-state index contributed by atoms with van der Waals surface area (Å²) < 4.78 is 40.5. The average Bonchev–Trinajstić information content (AvgIpc) is 2.82. The van der Waals surface area contributed by atoms with E-state index in [0.29, 0.717) is 21.7 Å². The SMILES string of the molecule is CNc1ccccc1C(=O)NC1CCC(N(C)c2cc(C(F)(F)F)nc3ccc(Cl)cc23)CC1. The van der Waals surface area contributed by atoms with Gasteiger partial charge in [0, 0.05) is 48.0 Å². The lowest BCUT2D eigenvalue weighted by molar-refractivity contribution is -0.140. The first kappa shape index (κ1) is 24.1. The van der Waals surface area contributed by atoms with E-state index in [1.807, 2.05) is 30.1 Å². The molecule has 1 aromatic heterocycles. The summed E-state index contributed by atoms with van der Waals surface area (Å²) in [4.78, 5) is 18.4. The quantitative estimate of drug-likeness (QED) is 0.452. The van der Waals surface area contributed by atoms with Crippen LogP contribution in [-0.2, 0) is 6.18 Å². The predicted molar refractivity (Wildman–Crippen MR) is 130 cm³/mol. The number of aromatic nitrogens is 1. The van der Waals surface area contributed by atoms with Gasteiger partial charge in [-0.2, -0.15) is 13.2 Å². The Kier molecular flexibility index (Phi) is 6.89. The summed E-state index contributed by atoms with van der Waals surface area (Å²) in [7, 11) is 3.58. The molecule has 0 bridgehead atoms. The fourth-order valence-corrected chi connectivity index (χ4v) is 4.76. The number of nitrogens with zero attached hydrogens (tertiary/aromatic N) is 2. The molecule has 2 aromatic carbocycles. The molecule has 0 unspecified atom stereocenters. The number of halogens is 4. The number of anilines is 2. The molecule has 0 saturated heterocycles. The lowest BCUT2D eigenvalue weighted by atomic mass is 9.89. The van der Waals surface area contributed by atoms with E-state index >= 15 is 0 Å². The summed E-state index contributed by atoms with van der Waals surface area (Å²) >= 11 is 6.14. The summed E-state index contributed by atoms with van der Waals surface area (Å²) in [6, 6.07) is 13.2. The minimum atomic E-state index is -4.55. The summed E-state index contributed by atoms with van der Waals surface area (Å²) in [5.74, 6) is -0.133. The lowest BCUT2D eigenvalue weighted by Gasteiger charge is -2.37. The molecule has 34 heavy (non-hydrogen) atoms. The normalized spacial score (nSPS) is 18.5. The molecule has 1 aliphatic rings. The molecular formula is C25H26ClF3N4O. The van der Waals surface area contributed by atoms with Crippen LogP contribution in [0.25, 0.3) is 10.9 Å². The smallest absolute Gasteiger partial charge is 0.387 e. The largest absolute Gasteiger partial charge is 0.433 e. The molecule has 0 spiro atoms.